The molecule has 0 aliphatic heterocycles. The Morgan fingerprint density at radius 2 is 1.03 bits per heavy atom. The molecule has 0 unspecified atom stereocenters. The Morgan fingerprint density at radius 3 is 1.30 bits per heavy atom. The maximum Gasteiger partial charge on any atom is 0.422 e. The minimum atomic E-state index is -0.912. The summed E-state index contributed by atoms with van der Waals surface area (Å²) in [6.07, 6.45) is 0. The van der Waals surface area contributed by atoms with Crippen LogP contribution in [0.4, 0.5) is 0 Å². The molecular formula is C20H18N4O6. The van der Waals surface area contributed by atoms with E-state index in [1.165, 1.54) is 38.5 Å². The summed E-state index contributed by atoms with van der Waals surface area (Å²) in [4.78, 5) is 30.1. The molecule has 0 amide bonds. The van der Waals surface area contributed by atoms with Gasteiger partial charge in [0, 0.05) is 0 Å². The van der Waals surface area contributed by atoms with Gasteiger partial charge >= 0.3 is 23.4 Å². The zero-order valence-electron chi connectivity index (χ0n) is 16.3. The maximum absolute atomic E-state index is 12.1. The van der Waals surface area contributed by atoms with Crippen molar-refractivity contribution in [3.8, 4) is 11.5 Å². The number of hydrogen-bond acceptors (Lipinski definition) is 6. The Morgan fingerprint density at radius 1 is 0.700 bits per heavy atom. The number of hydrogen-bond donors (Lipinski definition) is 0. The van der Waals surface area contributed by atoms with E-state index in [9.17, 15) is 9.59 Å². The smallest absolute Gasteiger partial charge is 0.422 e. The van der Waals surface area contributed by atoms with Crippen molar-refractivity contribution in [2.75, 3.05) is 27.4 Å². The van der Waals surface area contributed by atoms with E-state index in [2.05, 4.69) is 9.58 Å². The van der Waals surface area contributed by atoms with Crippen molar-refractivity contribution < 1.29 is 38.1 Å². The van der Waals surface area contributed by atoms with Crippen molar-refractivity contribution in [3.05, 3.63) is 70.7 Å². The molecule has 10 nitrogen and oxygen atoms in total. The van der Waals surface area contributed by atoms with Gasteiger partial charge in [0.15, 0.2) is 0 Å². The second-order valence-electron chi connectivity index (χ2n) is 5.63. The van der Waals surface area contributed by atoms with E-state index in [0.29, 0.717) is 22.6 Å². The summed E-state index contributed by atoms with van der Waals surface area (Å²) in [7, 11) is 2.99. The summed E-state index contributed by atoms with van der Waals surface area (Å²) < 4.78 is 19.9. The first kappa shape index (κ1) is 22.0. The topological polar surface area (TPSA) is 144 Å². The number of esters is 2. The largest absolute Gasteiger partial charge is 0.497 e. The third-order valence-electron chi connectivity index (χ3n) is 3.86. The number of rotatable bonds is 9. The van der Waals surface area contributed by atoms with Crippen LogP contribution in [0, 0.1) is 0 Å². The molecule has 10 heteroatoms. The summed E-state index contributed by atoms with van der Waals surface area (Å²) >= 11 is 0. The fourth-order valence-electron chi connectivity index (χ4n) is 2.34. The van der Waals surface area contributed by atoms with E-state index >= 15 is 0 Å². The molecule has 2 rings (SSSR count). The average Bonchev–Trinajstić information content (AvgIpc) is 2.78. The Kier molecular flexibility index (Phi) is 8.02. The molecule has 0 fully saturated rings. The number of ether oxygens (including phenoxy) is 4. The second kappa shape index (κ2) is 10.9. The Balaban J connectivity index is 1.89. The molecule has 154 valence electrons. The lowest BCUT2D eigenvalue weighted by molar-refractivity contribution is -0.147. The van der Waals surface area contributed by atoms with Gasteiger partial charge in [0.1, 0.15) is 24.7 Å². The van der Waals surface area contributed by atoms with E-state index in [1.807, 2.05) is 0 Å². The predicted molar refractivity (Wildman–Crippen MR) is 103 cm³/mol. The molecule has 2 aromatic carbocycles. The monoisotopic (exact) mass is 410 g/mol. The minimum absolute atomic E-state index is 0.304. The third kappa shape index (κ3) is 5.62. The first-order valence-electron chi connectivity index (χ1n) is 8.61. The summed E-state index contributed by atoms with van der Waals surface area (Å²) in [6.45, 7) is -0.609. The van der Waals surface area contributed by atoms with Gasteiger partial charge in [-0.25, -0.2) is 9.59 Å². The van der Waals surface area contributed by atoms with Crippen LogP contribution in [0.1, 0.15) is 11.1 Å². The summed E-state index contributed by atoms with van der Waals surface area (Å²) in [5.74, 6) is -0.695. The molecule has 2 aromatic rings. The van der Waals surface area contributed by atoms with Gasteiger partial charge < -0.3 is 30.0 Å². The summed E-state index contributed by atoms with van der Waals surface area (Å²) in [6, 6.07) is 12.4. The standard InChI is InChI=1S/C20H18N4O6/c1-27-15-7-3-13(4-8-15)17(23-21)19(25)29-11-12-30-20(26)18(24-22)14-5-9-16(28-2)10-6-14/h3-10H,11-12H2,1-2H3. The zero-order chi connectivity index (χ0) is 21.9. The molecule has 0 aliphatic rings. The fourth-order valence-corrected chi connectivity index (χ4v) is 2.34. The number of benzene rings is 2. The third-order valence-corrected chi connectivity index (χ3v) is 3.86. The Labute approximate surface area is 171 Å². The Hall–Kier alpha value is -4.26. The van der Waals surface area contributed by atoms with E-state index in [4.69, 9.17) is 30.0 Å². The highest BCUT2D eigenvalue weighted by Gasteiger charge is 2.26. The van der Waals surface area contributed by atoms with E-state index in [-0.39, 0.29) is 24.6 Å². The van der Waals surface area contributed by atoms with Crippen molar-refractivity contribution in [2.45, 2.75) is 0 Å². The first-order chi connectivity index (χ1) is 14.5. The summed E-state index contributed by atoms with van der Waals surface area (Å²) in [5, 5.41) is 0. The Bertz CT molecular complexity index is 921. The van der Waals surface area contributed by atoms with E-state index in [0.717, 1.165) is 0 Å². The molecule has 0 saturated carbocycles. The second-order valence-corrected chi connectivity index (χ2v) is 5.63. The van der Waals surface area contributed by atoms with Gasteiger partial charge in [-0.3, -0.25) is 0 Å². The van der Waals surface area contributed by atoms with Gasteiger partial charge in [0.05, 0.1) is 25.3 Å². The van der Waals surface area contributed by atoms with Crippen LogP contribution < -0.4 is 9.47 Å². The van der Waals surface area contributed by atoms with Crippen LogP contribution in [0.2, 0.25) is 0 Å². The van der Waals surface area contributed by atoms with Crippen LogP contribution in [0.15, 0.2) is 48.5 Å². The van der Waals surface area contributed by atoms with Gasteiger partial charge in [-0.1, -0.05) is 0 Å². The van der Waals surface area contributed by atoms with Crippen LogP contribution in [-0.2, 0) is 19.1 Å². The number of carbonyl (C=O) groups excluding carboxylic acids is 2. The minimum Gasteiger partial charge on any atom is -0.497 e. The van der Waals surface area contributed by atoms with E-state index in [1.54, 1.807) is 24.3 Å². The average molecular weight is 410 g/mol. The van der Waals surface area contributed by atoms with Crippen LogP contribution >= 0.6 is 0 Å². The van der Waals surface area contributed by atoms with Crippen LogP contribution in [0.3, 0.4) is 0 Å². The van der Waals surface area contributed by atoms with Crippen LogP contribution in [0.5, 0.6) is 11.5 Å². The molecular weight excluding hydrogens is 392 g/mol. The normalized spacial score (nSPS) is 9.53. The molecule has 0 bridgehead atoms. The van der Waals surface area contributed by atoms with Crippen molar-refractivity contribution in [2.24, 2.45) is 0 Å². The predicted octanol–water partition coefficient (Wildman–Crippen LogP) is 1.53. The van der Waals surface area contributed by atoms with Gasteiger partial charge in [0.2, 0.25) is 0 Å². The highest BCUT2D eigenvalue weighted by atomic mass is 16.6. The van der Waals surface area contributed by atoms with Crippen LogP contribution in [0.25, 0.3) is 11.1 Å². The first-order valence-corrected chi connectivity index (χ1v) is 8.61. The zero-order valence-corrected chi connectivity index (χ0v) is 16.3. The number of nitrogens with zero attached hydrogens (tertiary/aromatic N) is 4. The number of methoxy groups -OCH3 is 2. The van der Waals surface area contributed by atoms with Crippen molar-refractivity contribution in [3.63, 3.8) is 0 Å². The van der Waals surface area contributed by atoms with Gasteiger partial charge in [0.25, 0.3) is 0 Å². The lowest BCUT2D eigenvalue weighted by Gasteiger charge is -2.04. The molecule has 30 heavy (non-hydrogen) atoms. The molecule has 0 heterocycles. The lowest BCUT2D eigenvalue weighted by Crippen LogP contribution is -2.25. The molecule has 0 radical (unpaired) electrons. The number of carbonyl (C=O) groups is 2. The van der Waals surface area contributed by atoms with E-state index < -0.39 is 11.9 Å². The summed E-state index contributed by atoms with van der Waals surface area (Å²) in [5.41, 5.74) is 18.2. The van der Waals surface area contributed by atoms with Gasteiger partial charge in [-0.15, -0.1) is 0 Å². The van der Waals surface area contributed by atoms with Gasteiger partial charge in [-0.05, 0) is 48.5 Å². The molecule has 0 atom stereocenters. The van der Waals surface area contributed by atoms with Crippen molar-refractivity contribution in [1.29, 1.82) is 0 Å². The maximum atomic E-state index is 12.1. The van der Waals surface area contributed by atoms with Gasteiger partial charge in [-0.2, -0.15) is 9.58 Å². The highest BCUT2D eigenvalue weighted by molar-refractivity contribution is 6.41. The quantitative estimate of drug-likeness (QED) is 0.202. The van der Waals surface area contributed by atoms with Crippen LogP contribution in [-0.4, -0.2) is 60.4 Å². The lowest BCUT2D eigenvalue weighted by atomic mass is 10.1. The highest BCUT2D eigenvalue weighted by Crippen LogP contribution is 2.13. The molecule has 0 spiro atoms. The molecule has 0 aliphatic carbocycles. The van der Waals surface area contributed by atoms with Crippen molar-refractivity contribution in [1.82, 2.24) is 0 Å². The molecule has 0 aromatic heterocycles. The molecule has 0 saturated heterocycles. The SMILES string of the molecule is COc1ccc(C(=[N+]=[N-])C(=O)OCCOC(=O)C(=[N+]=[N-])c2ccc(OC)cc2)cc1. The fraction of sp³-hybridized carbons (Fsp3) is 0.200. The molecule has 0 N–H and O–H groups in total. The van der Waals surface area contributed by atoms with Crippen molar-refractivity contribution >= 4 is 23.4 Å².